The highest BCUT2D eigenvalue weighted by molar-refractivity contribution is 5.95. The van der Waals surface area contributed by atoms with E-state index in [0.717, 1.165) is 13.0 Å². The van der Waals surface area contributed by atoms with E-state index in [1.807, 2.05) is 0 Å². The first-order chi connectivity index (χ1) is 15.1. The van der Waals surface area contributed by atoms with Gasteiger partial charge in [0.1, 0.15) is 5.56 Å². The van der Waals surface area contributed by atoms with Crippen LogP contribution in [-0.2, 0) is 0 Å². The predicted octanol–water partition coefficient (Wildman–Crippen LogP) is 1.69. The number of rotatable bonds is 4. The van der Waals surface area contributed by atoms with E-state index in [4.69, 9.17) is 4.74 Å². The Bertz CT molecular complexity index is 1110. The highest BCUT2D eigenvalue weighted by Gasteiger charge is 2.25. The smallest absolute Gasteiger partial charge is 0.268 e. The fourth-order valence-corrected chi connectivity index (χ4v) is 3.66. The summed E-state index contributed by atoms with van der Waals surface area (Å²) in [6.45, 7) is 4.21. The molecule has 0 aromatic carbocycles. The van der Waals surface area contributed by atoms with E-state index in [9.17, 15) is 9.59 Å². The molecule has 4 rings (SSSR count). The lowest BCUT2D eigenvalue weighted by atomic mass is 10.1. The SMILES string of the molecule is COc1ccc(-n2ccc(C)c(C(=O)N3CCCN(c4ncccn4)CC3)c2=O)cn1. The number of aryl methyl sites for hydroxylation is 1. The third-order valence-electron chi connectivity index (χ3n) is 5.34. The lowest BCUT2D eigenvalue weighted by molar-refractivity contribution is 0.0764. The van der Waals surface area contributed by atoms with E-state index in [2.05, 4.69) is 19.9 Å². The van der Waals surface area contributed by atoms with Crippen molar-refractivity contribution in [2.24, 2.45) is 0 Å². The third-order valence-corrected chi connectivity index (χ3v) is 5.34. The van der Waals surface area contributed by atoms with Crippen molar-refractivity contribution in [3.05, 3.63) is 70.5 Å². The average molecular weight is 420 g/mol. The Labute approximate surface area is 180 Å². The summed E-state index contributed by atoms with van der Waals surface area (Å²) in [7, 11) is 1.53. The first kappa shape index (κ1) is 20.5. The molecule has 1 saturated heterocycles. The lowest BCUT2D eigenvalue weighted by Gasteiger charge is -2.22. The van der Waals surface area contributed by atoms with Crippen LogP contribution in [0.15, 0.2) is 53.8 Å². The number of anilines is 1. The van der Waals surface area contributed by atoms with Crippen molar-refractivity contribution in [3.63, 3.8) is 0 Å². The van der Waals surface area contributed by atoms with Crippen molar-refractivity contribution in [1.82, 2.24) is 24.4 Å². The topological polar surface area (TPSA) is 93.5 Å². The van der Waals surface area contributed by atoms with Crippen LogP contribution < -0.4 is 15.2 Å². The zero-order valence-corrected chi connectivity index (χ0v) is 17.6. The monoisotopic (exact) mass is 420 g/mol. The van der Waals surface area contributed by atoms with Crippen LogP contribution in [0.4, 0.5) is 5.95 Å². The van der Waals surface area contributed by atoms with Crippen molar-refractivity contribution in [1.29, 1.82) is 0 Å². The van der Waals surface area contributed by atoms with Crippen LogP contribution in [-0.4, -0.2) is 63.6 Å². The number of ether oxygens (including phenoxy) is 1. The van der Waals surface area contributed by atoms with Gasteiger partial charge in [-0.1, -0.05) is 0 Å². The highest BCUT2D eigenvalue weighted by atomic mass is 16.5. The molecule has 1 aliphatic heterocycles. The average Bonchev–Trinajstić information content (AvgIpc) is 3.06. The van der Waals surface area contributed by atoms with Crippen molar-refractivity contribution in [3.8, 4) is 11.6 Å². The Morgan fingerprint density at radius 3 is 2.55 bits per heavy atom. The van der Waals surface area contributed by atoms with Crippen LogP contribution in [0.5, 0.6) is 5.88 Å². The Morgan fingerprint density at radius 1 is 1.03 bits per heavy atom. The van der Waals surface area contributed by atoms with Gasteiger partial charge in [-0.3, -0.25) is 14.2 Å². The number of hydrogen-bond acceptors (Lipinski definition) is 7. The van der Waals surface area contributed by atoms with Gasteiger partial charge in [0, 0.05) is 50.8 Å². The molecule has 9 heteroatoms. The molecule has 0 unspecified atom stereocenters. The number of carbonyl (C=O) groups is 1. The van der Waals surface area contributed by atoms with Crippen LogP contribution in [0.1, 0.15) is 22.3 Å². The second-order valence-corrected chi connectivity index (χ2v) is 7.29. The van der Waals surface area contributed by atoms with Gasteiger partial charge in [0.2, 0.25) is 11.8 Å². The van der Waals surface area contributed by atoms with Gasteiger partial charge in [0.25, 0.3) is 11.5 Å². The Hall–Kier alpha value is -3.75. The minimum Gasteiger partial charge on any atom is -0.481 e. The Balaban J connectivity index is 1.58. The molecule has 1 aliphatic rings. The van der Waals surface area contributed by atoms with Crippen molar-refractivity contribution < 1.29 is 9.53 Å². The number of hydrogen-bond donors (Lipinski definition) is 0. The van der Waals surface area contributed by atoms with E-state index in [-0.39, 0.29) is 17.0 Å². The van der Waals surface area contributed by atoms with Crippen LogP contribution in [0.3, 0.4) is 0 Å². The summed E-state index contributed by atoms with van der Waals surface area (Å²) in [6.07, 6.45) is 7.40. The number of amides is 1. The largest absolute Gasteiger partial charge is 0.481 e. The molecule has 0 aliphatic carbocycles. The van der Waals surface area contributed by atoms with E-state index in [1.165, 1.54) is 11.7 Å². The van der Waals surface area contributed by atoms with Crippen LogP contribution in [0.2, 0.25) is 0 Å². The molecule has 3 aromatic heterocycles. The standard InChI is InChI=1S/C22H24N6O3/c1-16-7-12-28(17-5-6-18(31-2)25-15-17)21(30)19(16)20(29)26-10-4-11-27(14-13-26)22-23-8-3-9-24-22/h3,5-9,12,15H,4,10-11,13-14H2,1-2H3. The first-order valence-electron chi connectivity index (χ1n) is 10.1. The summed E-state index contributed by atoms with van der Waals surface area (Å²) in [5.41, 5.74) is 1.05. The molecule has 9 nitrogen and oxygen atoms in total. The van der Waals surface area contributed by atoms with E-state index in [1.54, 1.807) is 60.9 Å². The molecule has 4 heterocycles. The van der Waals surface area contributed by atoms with Gasteiger partial charge in [-0.05, 0) is 37.1 Å². The molecule has 31 heavy (non-hydrogen) atoms. The zero-order chi connectivity index (χ0) is 21.8. The normalized spacial score (nSPS) is 14.3. The molecule has 1 fully saturated rings. The van der Waals surface area contributed by atoms with Crippen molar-refractivity contribution >= 4 is 11.9 Å². The molecule has 3 aromatic rings. The van der Waals surface area contributed by atoms with Crippen LogP contribution in [0.25, 0.3) is 5.69 Å². The maximum Gasteiger partial charge on any atom is 0.268 e. The molecule has 1 amide bonds. The van der Waals surface area contributed by atoms with Crippen molar-refractivity contribution in [2.75, 3.05) is 38.2 Å². The number of methoxy groups -OCH3 is 1. The summed E-state index contributed by atoms with van der Waals surface area (Å²) in [4.78, 5) is 43.1. The molecule has 0 atom stereocenters. The quantitative estimate of drug-likeness (QED) is 0.634. The summed E-state index contributed by atoms with van der Waals surface area (Å²) in [5, 5.41) is 0. The van der Waals surface area contributed by atoms with Crippen LogP contribution >= 0.6 is 0 Å². The molecule has 0 N–H and O–H groups in total. The summed E-state index contributed by atoms with van der Waals surface area (Å²) >= 11 is 0. The van der Waals surface area contributed by atoms with Gasteiger partial charge in [-0.2, -0.15) is 0 Å². The molecular formula is C22H24N6O3. The van der Waals surface area contributed by atoms with E-state index >= 15 is 0 Å². The Kier molecular flexibility index (Phi) is 5.92. The van der Waals surface area contributed by atoms with Gasteiger partial charge < -0.3 is 14.5 Å². The highest BCUT2D eigenvalue weighted by Crippen LogP contribution is 2.15. The molecular weight excluding hydrogens is 396 g/mol. The van der Waals surface area contributed by atoms with Crippen LogP contribution in [0, 0.1) is 6.92 Å². The molecule has 0 spiro atoms. The van der Waals surface area contributed by atoms with Gasteiger partial charge >= 0.3 is 0 Å². The number of nitrogens with zero attached hydrogens (tertiary/aromatic N) is 6. The second-order valence-electron chi connectivity index (χ2n) is 7.29. The number of carbonyl (C=O) groups excluding carboxylic acids is 1. The number of pyridine rings is 2. The summed E-state index contributed by atoms with van der Waals surface area (Å²) < 4.78 is 6.52. The minimum atomic E-state index is -0.357. The maximum atomic E-state index is 13.3. The van der Waals surface area contributed by atoms with Gasteiger partial charge in [-0.15, -0.1) is 0 Å². The zero-order valence-electron chi connectivity index (χ0n) is 17.6. The molecule has 0 bridgehead atoms. The Morgan fingerprint density at radius 2 is 1.84 bits per heavy atom. The third kappa shape index (κ3) is 4.25. The van der Waals surface area contributed by atoms with Gasteiger partial charge in [0.05, 0.1) is 19.0 Å². The lowest BCUT2D eigenvalue weighted by Crippen LogP contribution is -2.39. The molecule has 160 valence electrons. The number of aromatic nitrogens is 4. The maximum absolute atomic E-state index is 13.3. The second kappa shape index (κ2) is 8.95. The van der Waals surface area contributed by atoms with E-state index in [0.29, 0.717) is 42.7 Å². The van der Waals surface area contributed by atoms with Gasteiger partial charge in [0.15, 0.2) is 0 Å². The summed E-state index contributed by atoms with van der Waals surface area (Å²) in [6, 6.07) is 6.97. The first-order valence-corrected chi connectivity index (χ1v) is 10.1. The molecule has 0 radical (unpaired) electrons. The molecule has 0 saturated carbocycles. The van der Waals surface area contributed by atoms with Gasteiger partial charge in [-0.25, -0.2) is 15.0 Å². The predicted molar refractivity (Wildman–Crippen MR) is 116 cm³/mol. The summed E-state index contributed by atoms with van der Waals surface area (Å²) in [5.74, 6) is 0.855. The van der Waals surface area contributed by atoms with Crippen molar-refractivity contribution in [2.45, 2.75) is 13.3 Å². The van der Waals surface area contributed by atoms with E-state index < -0.39 is 0 Å². The fourth-order valence-electron chi connectivity index (χ4n) is 3.66. The fraction of sp³-hybridized carbons (Fsp3) is 0.318. The minimum absolute atomic E-state index is 0.183.